The minimum absolute atomic E-state index is 0.0248. The van der Waals surface area contributed by atoms with Crippen LogP contribution in [0.5, 0.6) is 0 Å². The Morgan fingerprint density at radius 2 is 2.12 bits per heavy atom. The highest BCUT2D eigenvalue weighted by Crippen LogP contribution is 2.56. The van der Waals surface area contributed by atoms with Crippen LogP contribution < -0.4 is 5.32 Å². The molecule has 1 saturated heterocycles. The SMILES string of the molecule is C=C1CCC[C@@]2(C)C[C@H]3OC(=O)[C@@H](C[NH2+]Cc4ccc(F)cc4)[C@@H]3C[C@@H]12. The lowest BCUT2D eigenvalue weighted by atomic mass is 9.55. The third-order valence-electron chi connectivity index (χ3n) is 7.03. The van der Waals surface area contributed by atoms with Gasteiger partial charge in [0.1, 0.15) is 24.4 Å². The van der Waals surface area contributed by atoms with Crippen LogP contribution in [0.15, 0.2) is 36.4 Å². The van der Waals surface area contributed by atoms with Crippen LogP contribution in [0.3, 0.4) is 0 Å². The zero-order valence-electron chi connectivity index (χ0n) is 15.5. The third-order valence-corrected chi connectivity index (χ3v) is 7.03. The molecule has 0 unspecified atom stereocenters. The van der Waals surface area contributed by atoms with Gasteiger partial charge in [-0.25, -0.2) is 4.39 Å². The van der Waals surface area contributed by atoms with Gasteiger partial charge >= 0.3 is 5.97 Å². The summed E-state index contributed by atoms with van der Waals surface area (Å²) >= 11 is 0. The van der Waals surface area contributed by atoms with Crippen LogP contribution in [0.25, 0.3) is 0 Å². The molecule has 0 spiro atoms. The lowest BCUT2D eigenvalue weighted by molar-refractivity contribution is -0.675. The summed E-state index contributed by atoms with van der Waals surface area (Å²) in [6.07, 6.45) is 5.68. The zero-order valence-corrected chi connectivity index (χ0v) is 15.5. The second-order valence-electron chi connectivity index (χ2n) is 8.76. The summed E-state index contributed by atoms with van der Waals surface area (Å²) in [4.78, 5) is 12.5. The first-order valence-electron chi connectivity index (χ1n) is 9.90. The maximum Gasteiger partial charge on any atom is 0.315 e. The normalized spacial score (nSPS) is 36.4. The van der Waals surface area contributed by atoms with Crippen molar-refractivity contribution in [1.82, 2.24) is 0 Å². The average Bonchev–Trinajstić information content (AvgIpc) is 2.89. The molecule has 2 saturated carbocycles. The van der Waals surface area contributed by atoms with Crippen LogP contribution in [0.2, 0.25) is 0 Å². The molecular weight excluding hydrogens is 329 g/mol. The van der Waals surface area contributed by atoms with E-state index in [-0.39, 0.29) is 29.2 Å². The fraction of sp³-hybridized carbons (Fsp3) is 0.591. The Bertz CT molecular complexity index is 701. The Kier molecular flexibility index (Phi) is 4.64. The molecule has 3 nitrogen and oxygen atoms in total. The minimum Gasteiger partial charge on any atom is -0.462 e. The number of hydrogen-bond acceptors (Lipinski definition) is 2. The number of benzene rings is 1. The van der Waals surface area contributed by atoms with Gasteiger partial charge in [0, 0.05) is 11.5 Å². The first-order chi connectivity index (χ1) is 12.5. The van der Waals surface area contributed by atoms with Gasteiger partial charge in [-0.05, 0) is 55.6 Å². The molecular formula is C22H29FNO2+. The number of fused-ring (bicyclic) bond motifs is 2. The molecule has 4 heteroatoms. The number of carbonyl (C=O) groups excluding carboxylic acids is 1. The molecule has 4 rings (SSSR count). The quantitative estimate of drug-likeness (QED) is 0.663. The summed E-state index contributed by atoms with van der Waals surface area (Å²) in [5.74, 6) is 0.586. The van der Waals surface area contributed by atoms with Crippen molar-refractivity contribution in [3.05, 3.63) is 47.8 Å². The van der Waals surface area contributed by atoms with Crippen molar-refractivity contribution in [2.75, 3.05) is 6.54 Å². The Balaban J connectivity index is 1.40. The van der Waals surface area contributed by atoms with Crippen LogP contribution >= 0.6 is 0 Å². The van der Waals surface area contributed by atoms with Gasteiger partial charge in [-0.15, -0.1) is 0 Å². The Morgan fingerprint density at radius 1 is 1.35 bits per heavy atom. The molecule has 0 aromatic heterocycles. The molecule has 5 atom stereocenters. The molecule has 1 aliphatic heterocycles. The van der Waals surface area contributed by atoms with Crippen molar-refractivity contribution in [1.29, 1.82) is 0 Å². The maximum atomic E-state index is 13.0. The van der Waals surface area contributed by atoms with Crippen molar-refractivity contribution in [2.24, 2.45) is 23.2 Å². The van der Waals surface area contributed by atoms with E-state index in [1.54, 1.807) is 12.1 Å². The molecule has 3 fully saturated rings. The molecule has 1 aromatic rings. The van der Waals surface area contributed by atoms with Crippen LogP contribution in [-0.2, 0) is 16.1 Å². The number of halogens is 1. The van der Waals surface area contributed by atoms with Crippen LogP contribution in [0.4, 0.5) is 4.39 Å². The molecule has 0 radical (unpaired) electrons. The molecule has 1 heterocycles. The fourth-order valence-corrected chi connectivity index (χ4v) is 5.58. The monoisotopic (exact) mass is 358 g/mol. The molecule has 140 valence electrons. The Hall–Kier alpha value is -1.68. The number of esters is 1. The molecule has 0 bridgehead atoms. The molecule has 1 aromatic carbocycles. The van der Waals surface area contributed by atoms with E-state index in [1.165, 1.54) is 30.5 Å². The highest BCUT2D eigenvalue weighted by Gasteiger charge is 2.55. The largest absolute Gasteiger partial charge is 0.462 e. The van der Waals surface area contributed by atoms with E-state index in [0.717, 1.165) is 37.9 Å². The highest BCUT2D eigenvalue weighted by molar-refractivity contribution is 5.75. The minimum atomic E-state index is -0.214. The van der Waals surface area contributed by atoms with E-state index in [9.17, 15) is 9.18 Å². The van der Waals surface area contributed by atoms with E-state index in [4.69, 9.17) is 4.74 Å². The Morgan fingerprint density at radius 3 is 2.88 bits per heavy atom. The summed E-state index contributed by atoms with van der Waals surface area (Å²) in [5, 5.41) is 2.16. The molecule has 0 amide bonds. The number of nitrogens with two attached hydrogens (primary N) is 1. The van der Waals surface area contributed by atoms with E-state index in [1.807, 2.05) is 0 Å². The third kappa shape index (κ3) is 3.20. The van der Waals surface area contributed by atoms with Gasteiger partial charge in [0.25, 0.3) is 0 Å². The van der Waals surface area contributed by atoms with Gasteiger partial charge < -0.3 is 10.1 Å². The summed E-state index contributed by atoms with van der Waals surface area (Å²) in [6, 6.07) is 6.58. The van der Waals surface area contributed by atoms with Crippen molar-refractivity contribution in [3.8, 4) is 0 Å². The van der Waals surface area contributed by atoms with Crippen LogP contribution in [0, 0.1) is 29.0 Å². The Labute approximate surface area is 155 Å². The van der Waals surface area contributed by atoms with E-state index >= 15 is 0 Å². The van der Waals surface area contributed by atoms with Crippen molar-refractivity contribution in [2.45, 2.75) is 51.7 Å². The summed E-state index contributed by atoms with van der Waals surface area (Å²) in [7, 11) is 0. The van der Waals surface area contributed by atoms with Crippen molar-refractivity contribution >= 4 is 5.97 Å². The van der Waals surface area contributed by atoms with Crippen LogP contribution in [-0.4, -0.2) is 18.6 Å². The first-order valence-corrected chi connectivity index (χ1v) is 9.90. The number of quaternary nitrogens is 1. The fourth-order valence-electron chi connectivity index (χ4n) is 5.58. The van der Waals surface area contributed by atoms with E-state index in [2.05, 4.69) is 18.8 Å². The van der Waals surface area contributed by atoms with Gasteiger partial charge in [-0.1, -0.05) is 31.2 Å². The van der Waals surface area contributed by atoms with E-state index in [0.29, 0.717) is 11.8 Å². The van der Waals surface area contributed by atoms with Gasteiger partial charge in [0.15, 0.2) is 0 Å². The number of rotatable bonds is 4. The average molecular weight is 358 g/mol. The summed E-state index contributed by atoms with van der Waals surface area (Å²) in [5.41, 5.74) is 2.71. The molecule has 2 N–H and O–H groups in total. The lowest BCUT2D eigenvalue weighted by Crippen LogP contribution is -2.84. The standard InChI is InChI=1S/C22H28FNO2/c1-14-4-3-9-22(2)11-20-17(10-19(14)22)18(21(25)26-20)13-24-12-15-5-7-16(23)8-6-15/h5-8,17-20,24H,1,3-4,9-13H2,2H3/p+1/t17-,18-,19-,20+,22-/m0/s1. The highest BCUT2D eigenvalue weighted by atomic mass is 19.1. The number of ether oxygens (including phenoxy) is 1. The first kappa shape index (κ1) is 17.7. The van der Waals surface area contributed by atoms with E-state index < -0.39 is 0 Å². The van der Waals surface area contributed by atoms with Crippen molar-refractivity contribution < 1.29 is 19.2 Å². The predicted octanol–water partition coefficient (Wildman–Crippen LogP) is 3.20. The smallest absolute Gasteiger partial charge is 0.315 e. The number of allylic oxidation sites excluding steroid dienone is 1. The van der Waals surface area contributed by atoms with Crippen molar-refractivity contribution in [3.63, 3.8) is 0 Å². The van der Waals surface area contributed by atoms with Gasteiger partial charge in [-0.3, -0.25) is 4.79 Å². The lowest BCUT2D eigenvalue weighted by Gasteiger charge is -2.49. The van der Waals surface area contributed by atoms with Crippen LogP contribution in [0.1, 0.15) is 44.6 Å². The number of hydrogen-bond donors (Lipinski definition) is 1. The second kappa shape index (κ2) is 6.80. The van der Waals surface area contributed by atoms with Gasteiger partial charge in [-0.2, -0.15) is 0 Å². The molecule has 2 aliphatic carbocycles. The summed E-state index contributed by atoms with van der Waals surface area (Å²) < 4.78 is 18.8. The zero-order chi connectivity index (χ0) is 18.3. The number of carbonyl (C=O) groups is 1. The van der Waals surface area contributed by atoms with Gasteiger partial charge in [0.2, 0.25) is 0 Å². The maximum absolute atomic E-state index is 13.0. The molecule has 3 aliphatic rings. The van der Waals surface area contributed by atoms with Gasteiger partial charge in [0.05, 0.1) is 6.54 Å². The predicted molar refractivity (Wildman–Crippen MR) is 97.6 cm³/mol. The second-order valence-corrected chi connectivity index (χ2v) is 8.76. The topological polar surface area (TPSA) is 42.9 Å². The molecule has 26 heavy (non-hydrogen) atoms. The summed E-state index contributed by atoms with van der Waals surface area (Å²) in [6.45, 7) is 8.21.